The van der Waals surface area contributed by atoms with E-state index in [1.54, 1.807) is 0 Å². The van der Waals surface area contributed by atoms with E-state index in [0.29, 0.717) is 19.4 Å². The first kappa shape index (κ1) is 16.9. The van der Waals surface area contributed by atoms with Crippen LogP contribution in [0.4, 0.5) is 0 Å². The SMILES string of the molecule is CCCCCCNC(=O)CC(CC)(CC)C(=O)O. The van der Waals surface area contributed by atoms with Gasteiger partial charge in [0.2, 0.25) is 5.91 Å². The second-order valence-electron chi connectivity index (χ2n) is 4.88. The van der Waals surface area contributed by atoms with Gasteiger partial charge in [-0.25, -0.2) is 0 Å². The van der Waals surface area contributed by atoms with E-state index in [9.17, 15) is 14.7 Å². The van der Waals surface area contributed by atoms with Crippen LogP contribution in [0.15, 0.2) is 0 Å². The van der Waals surface area contributed by atoms with Crippen molar-refractivity contribution in [3.63, 3.8) is 0 Å². The standard InChI is InChI=1S/C14H27NO3/c1-4-7-8-9-10-15-12(16)11-14(5-2,6-3)13(17)18/h4-11H2,1-3H3,(H,15,16)(H,17,18). The molecule has 0 radical (unpaired) electrons. The number of unbranched alkanes of at least 4 members (excludes halogenated alkanes) is 3. The molecule has 0 aliphatic carbocycles. The number of carboxylic acid groups (broad SMARTS) is 1. The highest BCUT2D eigenvalue weighted by Crippen LogP contribution is 2.30. The van der Waals surface area contributed by atoms with Gasteiger partial charge < -0.3 is 10.4 Å². The van der Waals surface area contributed by atoms with Crippen molar-refractivity contribution in [3.05, 3.63) is 0 Å². The van der Waals surface area contributed by atoms with Crippen LogP contribution in [0, 0.1) is 5.41 Å². The molecule has 1 amide bonds. The van der Waals surface area contributed by atoms with Crippen LogP contribution < -0.4 is 5.32 Å². The van der Waals surface area contributed by atoms with E-state index in [1.807, 2.05) is 13.8 Å². The molecule has 2 N–H and O–H groups in total. The van der Waals surface area contributed by atoms with Crippen LogP contribution in [0.2, 0.25) is 0 Å². The van der Waals surface area contributed by atoms with Gasteiger partial charge in [0.15, 0.2) is 0 Å². The Balaban J connectivity index is 4.08. The Morgan fingerprint density at radius 1 is 1.06 bits per heavy atom. The van der Waals surface area contributed by atoms with Gasteiger partial charge in [0.05, 0.1) is 5.41 Å². The molecule has 0 spiro atoms. The summed E-state index contributed by atoms with van der Waals surface area (Å²) in [7, 11) is 0. The minimum Gasteiger partial charge on any atom is -0.481 e. The van der Waals surface area contributed by atoms with E-state index >= 15 is 0 Å². The minimum atomic E-state index is -0.895. The zero-order valence-electron chi connectivity index (χ0n) is 11.9. The second-order valence-corrected chi connectivity index (χ2v) is 4.88. The topological polar surface area (TPSA) is 66.4 Å². The van der Waals surface area contributed by atoms with Crippen molar-refractivity contribution in [2.75, 3.05) is 6.54 Å². The van der Waals surface area contributed by atoms with Crippen LogP contribution in [-0.2, 0) is 9.59 Å². The molecule has 0 rings (SSSR count). The molecule has 0 saturated heterocycles. The van der Waals surface area contributed by atoms with Crippen molar-refractivity contribution in [2.45, 2.75) is 65.7 Å². The molecule has 4 heteroatoms. The van der Waals surface area contributed by atoms with Crippen LogP contribution in [0.1, 0.15) is 65.7 Å². The monoisotopic (exact) mass is 257 g/mol. The predicted octanol–water partition coefficient (Wildman–Crippen LogP) is 2.96. The third kappa shape index (κ3) is 5.52. The molecule has 0 saturated carbocycles. The number of hydrogen-bond acceptors (Lipinski definition) is 2. The number of carbonyl (C=O) groups is 2. The molecular formula is C14H27NO3. The summed E-state index contributed by atoms with van der Waals surface area (Å²) in [6.07, 6.45) is 5.49. The minimum absolute atomic E-state index is 0.0864. The zero-order chi connectivity index (χ0) is 14.0. The lowest BCUT2D eigenvalue weighted by Gasteiger charge is -2.25. The highest BCUT2D eigenvalue weighted by atomic mass is 16.4. The molecule has 0 aromatic heterocycles. The molecule has 0 aliphatic heterocycles. The fourth-order valence-corrected chi connectivity index (χ4v) is 2.03. The maximum atomic E-state index is 11.7. The van der Waals surface area contributed by atoms with Crippen LogP contribution in [0.5, 0.6) is 0 Å². The molecule has 106 valence electrons. The van der Waals surface area contributed by atoms with Crippen molar-refractivity contribution in [1.29, 1.82) is 0 Å². The number of nitrogens with one attached hydrogen (secondary N) is 1. The number of hydrogen-bond donors (Lipinski definition) is 2. The van der Waals surface area contributed by atoms with Crippen molar-refractivity contribution in [1.82, 2.24) is 5.32 Å². The molecule has 0 bridgehead atoms. The molecule has 4 nitrogen and oxygen atoms in total. The molecule has 0 aromatic carbocycles. The lowest BCUT2D eigenvalue weighted by Crippen LogP contribution is -2.37. The number of rotatable bonds is 10. The Kier molecular flexibility index (Phi) is 8.42. The average molecular weight is 257 g/mol. The summed E-state index contributed by atoms with van der Waals surface area (Å²) in [5, 5.41) is 12.1. The van der Waals surface area contributed by atoms with Crippen LogP contribution >= 0.6 is 0 Å². The third-order valence-corrected chi connectivity index (χ3v) is 3.66. The molecule has 0 aliphatic rings. The van der Waals surface area contributed by atoms with Gasteiger partial charge in [-0.05, 0) is 19.3 Å². The van der Waals surface area contributed by atoms with Crippen molar-refractivity contribution >= 4 is 11.9 Å². The lowest BCUT2D eigenvalue weighted by molar-refractivity contribution is -0.152. The first-order chi connectivity index (χ1) is 8.52. The fourth-order valence-electron chi connectivity index (χ4n) is 2.03. The third-order valence-electron chi connectivity index (χ3n) is 3.66. The van der Waals surface area contributed by atoms with E-state index in [-0.39, 0.29) is 12.3 Å². The highest BCUT2D eigenvalue weighted by Gasteiger charge is 2.36. The van der Waals surface area contributed by atoms with Gasteiger partial charge in [-0.3, -0.25) is 9.59 Å². The number of carbonyl (C=O) groups excluding carboxylic acids is 1. The maximum Gasteiger partial charge on any atom is 0.310 e. The summed E-state index contributed by atoms with van der Waals surface area (Å²) in [5.74, 6) is -1.01. The van der Waals surface area contributed by atoms with Crippen LogP contribution in [0.3, 0.4) is 0 Å². The van der Waals surface area contributed by atoms with E-state index in [2.05, 4.69) is 12.2 Å². The first-order valence-electron chi connectivity index (χ1n) is 7.02. The average Bonchev–Trinajstić information content (AvgIpc) is 2.35. The smallest absolute Gasteiger partial charge is 0.310 e. The Labute approximate surface area is 110 Å². The first-order valence-corrected chi connectivity index (χ1v) is 7.02. The van der Waals surface area contributed by atoms with Gasteiger partial charge in [-0.1, -0.05) is 40.0 Å². The van der Waals surface area contributed by atoms with Crippen LogP contribution in [-0.4, -0.2) is 23.5 Å². The summed E-state index contributed by atoms with van der Waals surface area (Å²) < 4.78 is 0. The molecular weight excluding hydrogens is 230 g/mol. The number of amides is 1. The Morgan fingerprint density at radius 2 is 1.67 bits per heavy atom. The molecule has 0 heterocycles. The maximum absolute atomic E-state index is 11.7. The molecule has 0 atom stereocenters. The van der Waals surface area contributed by atoms with Gasteiger partial charge in [0, 0.05) is 13.0 Å². The van der Waals surface area contributed by atoms with E-state index < -0.39 is 11.4 Å². The van der Waals surface area contributed by atoms with Crippen LogP contribution in [0.25, 0.3) is 0 Å². The lowest BCUT2D eigenvalue weighted by atomic mass is 9.79. The Bertz CT molecular complexity index is 260. The number of aliphatic carboxylic acids is 1. The normalized spacial score (nSPS) is 11.3. The van der Waals surface area contributed by atoms with E-state index in [4.69, 9.17) is 0 Å². The largest absolute Gasteiger partial charge is 0.481 e. The quantitative estimate of drug-likeness (QED) is 0.591. The van der Waals surface area contributed by atoms with Gasteiger partial charge in [0.25, 0.3) is 0 Å². The molecule has 0 fully saturated rings. The molecule has 0 unspecified atom stereocenters. The fraction of sp³-hybridized carbons (Fsp3) is 0.857. The summed E-state index contributed by atoms with van der Waals surface area (Å²) in [5.41, 5.74) is -0.895. The Morgan fingerprint density at radius 3 is 2.11 bits per heavy atom. The van der Waals surface area contributed by atoms with E-state index in [0.717, 1.165) is 12.8 Å². The van der Waals surface area contributed by atoms with Crippen molar-refractivity contribution < 1.29 is 14.7 Å². The summed E-state index contributed by atoms with van der Waals surface area (Å²) >= 11 is 0. The number of carboxylic acids is 1. The van der Waals surface area contributed by atoms with E-state index in [1.165, 1.54) is 12.8 Å². The predicted molar refractivity (Wildman–Crippen MR) is 72.4 cm³/mol. The summed E-state index contributed by atoms with van der Waals surface area (Å²) in [6.45, 7) is 6.45. The Hall–Kier alpha value is -1.06. The van der Waals surface area contributed by atoms with Crippen molar-refractivity contribution in [3.8, 4) is 0 Å². The van der Waals surface area contributed by atoms with Gasteiger partial charge in [0.1, 0.15) is 0 Å². The zero-order valence-corrected chi connectivity index (χ0v) is 11.9. The van der Waals surface area contributed by atoms with Gasteiger partial charge in [-0.2, -0.15) is 0 Å². The highest BCUT2D eigenvalue weighted by molar-refractivity contribution is 5.84. The summed E-state index contributed by atoms with van der Waals surface area (Å²) in [6, 6.07) is 0. The van der Waals surface area contributed by atoms with Crippen molar-refractivity contribution in [2.24, 2.45) is 5.41 Å². The second kappa shape index (κ2) is 8.95. The van der Waals surface area contributed by atoms with Gasteiger partial charge in [-0.15, -0.1) is 0 Å². The molecule has 18 heavy (non-hydrogen) atoms. The molecule has 0 aromatic rings. The summed E-state index contributed by atoms with van der Waals surface area (Å²) in [4.78, 5) is 23.0. The van der Waals surface area contributed by atoms with Gasteiger partial charge >= 0.3 is 5.97 Å².